The van der Waals surface area contributed by atoms with Gasteiger partial charge >= 0.3 is 0 Å². The van der Waals surface area contributed by atoms with Crippen molar-refractivity contribution < 1.29 is 4.74 Å². The van der Waals surface area contributed by atoms with Gasteiger partial charge in [-0.25, -0.2) is 10.4 Å². The Kier molecular flexibility index (Phi) is 4.29. The summed E-state index contributed by atoms with van der Waals surface area (Å²) in [6.45, 7) is 2.92. The van der Waals surface area contributed by atoms with Crippen LogP contribution in [-0.2, 0) is 6.54 Å². The number of aryl methyl sites for hydroxylation is 1. The van der Waals surface area contributed by atoms with Crippen LogP contribution in [-0.4, -0.2) is 21.9 Å². The molecule has 0 aliphatic rings. The first-order valence-corrected chi connectivity index (χ1v) is 6.70. The predicted molar refractivity (Wildman–Crippen MR) is 70.4 cm³/mol. The molecule has 0 aromatic carbocycles. The number of rotatable bonds is 6. The monoisotopic (exact) mass is 267 g/mol. The molecule has 0 saturated carbocycles. The van der Waals surface area contributed by atoms with Crippen LogP contribution in [0.5, 0.6) is 5.75 Å². The summed E-state index contributed by atoms with van der Waals surface area (Å²) in [5.74, 6) is 6.38. The minimum absolute atomic E-state index is 0.208. The summed E-state index contributed by atoms with van der Waals surface area (Å²) >= 11 is 1.54. The highest BCUT2D eigenvalue weighted by Gasteiger charge is 2.23. The first kappa shape index (κ1) is 13.0. The lowest BCUT2D eigenvalue weighted by Crippen LogP contribution is -2.31. The maximum absolute atomic E-state index is 5.66. The molecule has 0 fully saturated rings. The summed E-state index contributed by atoms with van der Waals surface area (Å²) in [6.07, 6.45) is 2.70. The van der Waals surface area contributed by atoms with Crippen molar-refractivity contribution in [1.82, 2.24) is 20.2 Å². The molecule has 1 atom stereocenters. The molecule has 0 spiro atoms. The van der Waals surface area contributed by atoms with Gasteiger partial charge in [0.25, 0.3) is 0 Å². The van der Waals surface area contributed by atoms with Crippen molar-refractivity contribution in [3.05, 3.63) is 28.5 Å². The number of nitrogens with zero attached hydrogens (tertiary/aromatic N) is 3. The molecular formula is C11H17N5OS. The molecule has 6 nitrogen and oxygen atoms in total. The number of hydrazine groups is 1. The lowest BCUT2D eigenvalue weighted by atomic mass is 10.1. The van der Waals surface area contributed by atoms with E-state index in [-0.39, 0.29) is 6.04 Å². The van der Waals surface area contributed by atoms with Gasteiger partial charge in [-0.1, -0.05) is 6.92 Å². The summed E-state index contributed by atoms with van der Waals surface area (Å²) < 4.78 is 7.26. The SMILES string of the molecule is CCCn1ncc(OC)c1C(NN)c1cscn1. The van der Waals surface area contributed by atoms with E-state index in [2.05, 4.69) is 22.4 Å². The van der Waals surface area contributed by atoms with E-state index in [1.807, 2.05) is 10.1 Å². The average Bonchev–Trinajstić information content (AvgIpc) is 3.02. The standard InChI is InChI=1S/C11H17N5OS/c1-3-4-16-11(9(17-2)5-14-16)10(15-12)8-6-18-7-13-8/h5-7,10,15H,3-4,12H2,1-2H3. The smallest absolute Gasteiger partial charge is 0.162 e. The van der Waals surface area contributed by atoms with Crippen molar-refractivity contribution in [3.63, 3.8) is 0 Å². The summed E-state index contributed by atoms with van der Waals surface area (Å²) in [5, 5.41) is 6.29. The Bertz CT molecular complexity index is 482. The van der Waals surface area contributed by atoms with Crippen molar-refractivity contribution in [3.8, 4) is 5.75 Å². The molecule has 2 aromatic rings. The predicted octanol–water partition coefficient (Wildman–Crippen LogP) is 1.31. The van der Waals surface area contributed by atoms with Crippen molar-refractivity contribution >= 4 is 11.3 Å². The fourth-order valence-electron chi connectivity index (χ4n) is 1.89. The second-order valence-electron chi connectivity index (χ2n) is 3.83. The number of methoxy groups -OCH3 is 1. The van der Waals surface area contributed by atoms with E-state index in [0.29, 0.717) is 0 Å². The van der Waals surface area contributed by atoms with Crippen LogP contribution in [0.2, 0.25) is 0 Å². The van der Waals surface area contributed by atoms with Gasteiger partial charge in [-0.3, -0.25) is 10.5 Å². The van der Waals surface area contributed by atoms with Crippen LogP contribution in [0.1, 0.15) is 30.8 Å². The second kappa shape index (κ2) is 5.94. The summed E-state index contributed by atoms with van der Waals surface area (Å²) in [6, 6.07) is -0.208. The van der Waals surface area contributed by atoms with E-state index in [0.717, 1.165) is 30.1 Å². The van der Waals surface area contributed by atoms with Crippen molar-refractivity contribution in [2.24, 2.45) is 5.84 Å². The van der Waals surface area contributed by atoms with Crippen LogP contribution in [0.15, 0.2) is 17.1 Å². The van der Waals surface area contributed by atoms with Crippen LogP contribution in [0, 0.1) is 0 Å². The molecule has 0 saturated heterocycles. The highest BCUT2D eigenvalue weighted by Crippen LogP contribution is 2.29. The topological polar surface area (TPSA) is 78.0 Å². The Morgan fingerprint density at radius 1 is 1.61 bits per heavy atom. The zero-order valence-electron chi connectivity index (χ0n) is 10.5. The molecule has 2 rings (SSSR count). The van der Waals surface area contributed by atoms with Gasteiger partial charge in [-0.05, 0) is 6.42 Å². The highest BCUT2D eigenvalue weighted by molar-refractivity contribution is 7.07. The van der Waals surface area contributed by atoms with Gasteiger partial charge in [-0.2, -0.15) is 5.10 Å². The molecule has 2 heterocycles. The lowest BCUT2D eigenvalue weighted by Gasteiger charge is -2.17. The van der Waals surface area contributed by atoms with Gasteiger partial charge in [0.1, 0.15) is 11.7 Å². The van der Waals surface area contributed by atoms with Crippen molar-refractivity contribution in [1.29, 1.82) is 0 Å². The van der Waals surface area contributed by atoms with E-state index in [1.165, 1.54) is 11.3 Å². The molecular weight excluding hydrogens is 250 g/mol. The number of hydrogen-bond acceptors (Lipinski definition) is 6. The molecule has 0 aliphatic carbocycles. The first-order valence-electron chi connectivity index (χ1n) is 5.75. The average molecular weight is 267 g/mol. The van der Waals surface area contributed by atoms with E-state index in [1.54, 1.807) is 18.8 Å². The lowest BCUT2D eigenvalue weighted by molar-refractivity contribution is 0.397. The Morgan fingerprint density at radius 2 is 2.44 bits per heavy atom. The molecule has 1 unspecified atom stereocenters. The van der Waals surface area contributed by atoms with E-state index in [4.69, 9.17) is 10.6 Å². The molecule has 0 aliphatic heterocycles. The third-order valence-corrected chi connectivity index (χ3v) is 3.29. The zero-order valence-corrected chi connectivity index (χ0v) is 11.3. The summed E-state index contributed by atoms with van der Waals surface area (Å²) in [7, 11) is 1.63. The van der Waals surface area contributed by atoms with E-state index >= 15 is 0 Å². The first-order chi connectivity index (χ1) is 8.81. The van der Waals surface area contributed by atoms with Crippen LogP contribution < -0.4 is 16.0 Å². The largest absolute Gasteiger partial charge is 0.493 e. The van der Waals surface area contributed by atoms with Crippen molar-refractivity contribution in [2.45, 2.75) is 25.9 Å². The number of nitrogens with two attached hydrogens (primary N) is 1. The molecule has 0 radical (unpaired) electrons. The molecule has 0 amide bonds. The minimum Gasteiger partial charge on any atom is -0.493 e. The van der Waals surface area contributed by atoms with Crippen LogP contribution in [0.4, 0.5) is 0 Å². The Morgan fingerprint density at radius 3 is 3.00 bits per heavy atom. The fraction of sp³-hybridized carbons (Fsp3) is 0.455. The van der Waals surface area contributed by atoms with Gasteiger partial charge in [-0.15, -0.1) is 11.3 Å². The Balaban J connectivity index is 2.42. The number of hydrogen-bond donors (Lipinski definition) is 2. The van der Waals surface area contributed by atoms with E-state index in [9.17, 15) is 0 Å². The summed E-state index contributed by atoms with van der Waals surface area (Å²) in [4.78, 5) is 4.30. The maximum Gasteiger partial charge on any atom is 0.162 e. The Labute approximate surface area is 110 Å². The fourth-order valence-corrected chi connectivity index (χ4v) is 2.46. The van der Waals surface area contributed by atoms with Gasteiger partial charge in [0, 0.05) is 11.9 Å². The van der Waals surface area contributed by atoms with Crippen LogP contribution in [0.3, 0.4) is 0 Å². The van der Waals surface area contributed by atoms with Crippen LogP contribution in [0.25, 0.3) is 0 Å². The molecule has 2 aromatic heterocycles. The molecule has 3 N–H and O–H groups in total. The second-order valence-corrected chi connectivity index (χ2v) is 4.55. The number of nitrogens with one attached hydrogen (secondary N) is 1. The molecule has 0 bridgehead atoms. The minimum atomic E-state index is -0.208. The highest BCUT2D eigenvalue weighted by atomic mass is 32.1. The van der Waals surface area contributed by atoms with Crippen LogP contribution >= 0.6 is 11.3 Å². The molecule has 18 heavy (non-hydrogen) atoms. The van der Waals surface area contributed by atoms with Gasteiger partial charge in [0.05, 0.1) is 24.5 Å². The zero-order chi connectivity index (χ0) is 13.0. The third kappa shape index (κ3) is 2.38. The number of thiazole rings is 1. The van der Waals surface area contributed by atoms with E-state index < -0.39 is 0 Å². The van der Waals surface area contributed by atoms with Crippen molar-refractivity contribution in [2.75, 3.05) is 7.11 Å². The normalized spacial score (nSPS) is 12.6. The van der Waals surface area contributed by atoms with Gasteiger partial charge in [0.15, 0.2) is 5.75 Å². The third-order valence-electron chi connectivity index (χ3n) is 2.69. The number of ether oxygens (including phenoxy) is 1. The Hall–Kier alpha value is -1.44. The van der Waals surface area contributed by atoms with Gasteiger partial charge in [0.2, 0.25) is 0 Å². The number of aromatic nitrogens is 3. The molecule has 98 valence electrons. The quantitative estimate of drug-likeness (QED) is 0.609. The summed E-state index contributed by atoms with van der Waals surface area (Å²) in [5.41, 5.74) is 6.35. The maximum atomic E-state index is 5.66. The van der Waals surface area contributed by atoms with Gasteiger partial charge < -0.3 is 4.74 Å². The molecule has 7 heteroatoms.